The van der Waals surface area contributed by atoms with Gasteiger partial charge < -0.3 is 24.4 Å². The maximum absolute atomic E-state index is 12.3. The molecule has 7 nitrogen and oxygen atoms in total. The Morgan fingerprint density at radius 1 is 1.00 bits per heavy atom. The average molecular weight is 413 g/mol. The molecule has 1 aliphatic heterocycles. The van der Waals surface area contributed by atoms with Crippen LogP contribution in [0, 0.1) is 0 Å². The van der Waals surface area contributed by atoms with Crippen molar-refractivity contribution >= 4 is 34.5 Å². The van der Waals surface area contributed by atoms with Gasteiger partial charge in [0.05, 0.1) is 31.9 Å². The Labute approximate surface area is 171 Å². The summed E-state index contributed by atoms with van der Waals surface area (Å²) in [5.74, 6) is 0.273. The number of phenols is 1. The van der Waals surface area contributed by atoms with E-state index in [-0.39, 0.29) is 17.1 Å². The van der Waals surface area contributed by atoms with Crippen molar-refractivity contribution in [3.05, 3.63) is 64.3 Å². The molecular formula is C21H19NO6S. The van der Waals surface area contributed by atoms with Gasteiger partial charge in [-0.3, -0.25) is 0 Å². The van der Waals surface area contributed by atoms with Crippen LogP contribution in [-0.4, -0.2) is 42.6 Å². The van der Waals surface area contributed by atoms with Crippen LogP contribution >= 0.6 is 11.8 Å². The molecule has 0 atom stereocenters. The zero-order chi connectivity index (χ0) is 21.0. The van der Waals surface area contributed by atoms with Gasteiger partial charge in [0.2, 0.25) is 0 Å². The summed E-state index contributed by atoms with van der Waals surface area (Å²) in [6.07, 6.45) is 1.69. The second-order valence-corrected chi connectivity index (χ2v) is 6.90. The predicted octanol–water partition coefficient (Wildman–Crippen LogP) is 4.21. The first kappa shape index (κ1) is 20.3. The molecular weight excluding hydrogens is 394 g/mol. The first-order valence-electron chi connectivity index (χ1n) is 8.48. The smallest absolute Gasteiger partial charge is 0.344 e. The van der Waals surface area contributed by atoms with E-state index in [2.05, 4.69) is 4.99 Å². The summed E-state index contributed by atoms with van der Waals surface area (Å²) in [5.41, 5.74) is 1.25. The molecule has 0 saturated heterocycles. The van der Waals surface area contributed by atoms with E-state index in [1.807, 2.05) is 0 Å². The maximum Gasteiger partial charge on any atom is 0.344 e. The summed E-state index contributed by atoms with van der Waals surface area (Å²) in [7, 11) is 4.29. The van der Waals surface area contributed by atoms with Crippen LogP contribution in [0.1, 0.15) is 5.56 Å². The van der Waals surface area contributed by atoms with Crippen molar-refractivity contribution in [3.8, 4) is 17.2 Å². The number of aliphatic hydroxyl groups excluding tert-OH is 1. The van der Waals surface area contributed by atoms with Gasteiger partial charge in [-0.25, -0.2) is 9.79 Å². The number of aliphatic imine (C=N–C) groups is 1. The topological polar surface area (TPSA) is 97.6 Å². The van der Waals surface area contributed by atoms with Crippen LogP contribution < -0.4 is 9.47 Å². The number of aliphatic hydroxyl groups is 1. The Hall–Kier alpha value is -3.39. The molecule has 3 rings (SSSR count). The van der Waals surface area contributed by atoms with Crippen LogP contribution in [0.25, 0.3) is 6.08 Å². The highest BCUT2D eigenvalue weighted by atomic mass is 32.2. The summed E-state index contributed by atoms with van der Waals surface area (Å²) in [6, 6.07) is 11.5. The molecule has 0 amide bonds. The van der Waals surface area contributed by atoms with Crippen molar-refractivity contribution in [2.24, 2.45) is 4.99 Å². The minimum absolute atomic E-state index is 0.0164. The molecule has 1 heterocycles. The molecule has 1 aliphatic rings. The number of carbonyl (C=O) groups excluding carboxylic acids is 1. The number of carbonyl (C=O) groups is 1. The lowest BCUT2D eigenvalue weighted by atomic mass is 10.1. The molecule has 2 aromatic carbocycles. The first-order valence-corrected chi connectivity index (χ1v) is 9.30. The standard InChI is InChI=1S/C21H19NO6S/c1-26-15-9-6-13(11-16(15)27-2)22-20-18(21(25)28-3)19(24)17(29-20)10-12-4-7-14(23)8-5-12/h4-11,23-24H,1-3H3. The summed E-state index contributed by atoms with van der Waals surface area (Å²) in [6.45, 7) is 0. The van der Waals surface area contributed by atoms with E-state index in [1.165, 1.54) is 33.5 Å². The van der Waals surface area contributed by atoms with E-state index in [1.54, 1.807) is 36.4 Å². The van der Waals surface area contributed by atoms with Gasteiger partial charge in [0.25, 0.3) is 0 Å². The molecule has 2 aromatic rings. The van der Waals surface area contributed by atoms with Gasteiger partial charge in [0.15, 0.2) is 11.5 Å². The van der Waals surface area contributed by atoms with Crippen LogP contribution in [0.4, 0.5) is 5.69 Å². The van der Waals surface area contributed by atoms with Crippen molar-refractivity contribution < 1.29 is 29.2 Å². The summed E-state index contributed by atoms with van der Waals surface area (Å²) in [4.78, 5) is 17.2. The van der Waals surface area contributed by atoms with E-state index >= 15 is 0 Å². The van der Waals surface area contributed by atoms with E-state index in [9.17, 15) is 15.0 Å². The third kappa shape index (κ3) is 4.38. The molecule has 0 radical (unpaired) electrons. The van der Waals surface area contributed by atoms with Crippen LogP contribution in [0.15, 0.2) is 63.7 Å². The monoisotopic (exact) mass is 413 g/mol. The number of hydrogen-bond acceptors (Lipinski definition) is 8. The van der Waals surface area contributed by atoms with Gasteiger partial charge in [-0.05, 0) is 35.9 Å². The molecule has 0 bridgehead atoms. The fraction of sp³-hybridized carbons (Fsp3) is 0.143. The van der Waals surface area contributed by atoms with Crippen LogP contribution in [-0.2, 0) is 9.53 Å². The molecule has 0 aromatic heterocycles. The molecule has 150 valence electrons. The number of benzene rings is 2. The third-order valence-electron chi connectivity index (χ3n) is 4.07. The van der Waals surface area contributed by atoms with E-state index < -0.39 is 5.97 Å². The fourth-order valence-corrected chi connectivity index (χ4v) is 3.66. The zero-order valence-electron chi connectivity index (χ0n) is 16.0. The lowest BCUT2D eigenvalue weighted by molar-refractivity contribution is -0.135. The highest BCUT2D eigenvalue weighted by Gasteiger charge is 2.33. The zero-order valence-corrected chi connectivity index (χ0v) is 16.8. The number of ether oxygens (including phenoxy) is 3. The summed E-state index contributed by atoms with van der Waals surface area (Å²) >= 11 is 1.14. The quantitative estimate of drug-likeness (QED) is 0.709. The average Bonchev–Trinajstić information content (AvgIpc) is 3.03. The van der Waals surface area contributed by atoms with Crippen LogP contribution in [0.2, 0.25) is 0 Å². The Kier molecular flexibility index (Phi) is 6.13. The van der Waals surface area contributed by atoms with Crippen molar-refractivity contribution in [1.29, 1.82) is 0 Å². The van der Waals surface area contributed by atoms with E-state index in [0.29, 0.717) is 27.1 Å². The van der Waals surface area contributed by atoms with Crippen LogP contribution in [0.5, 0.6) is 17.2 Å². The lowest BCUT2D eigenvalue weighted by Gasteiger charge is -2.08. The van der Waals surface area contributed by atoms with Gasteiger partial charge in [0, 0.05) is 6.07 Å². The van der Waals surface area contributed by atoms with Gasteiger partial charge >= 0.3 is 5.97 Å². The summed E-state index contributed by atoms with van der Waals surface area (Å²) in [5, 5.41) is 20.3. The number of hydrogen-bond donors (Lipinski definition) is 2. The normalized spacial score (nSPS) is 16.4. The number of thioether (sulfide) groups is 1. The number of phenolic OH excluding ortho intramolecular Hbond substituents is 1. The number of rotatable bonds is 5. The number of nitrogens with zero attached hydrogens (tertiary/aromatic N) is 1. The Bertz CT molecular complexity index is 1020. The molecule has 29 heavy (non-hydrogen) atoms. The van der Waals surface area contributed by atoms with Crippen LogP contribution in [0.3, 0.4) is 0 Å². The van der Waals surface area contributed by atoms with Gasteiger partial charge in [-0.2, -0.15) is 0 Å². The van der Waals surface area contributed by atoms with Crippen molar-refractivity contribution in [3.63, 3.8) is 0 Å². The minimum Gasteiger partial charge on any atom is -0.508 e. The molecule has 0 unspecified atom stereocenters. The second kappa shape index (κ2) is 8.74. The maximum atomic E-state index is 12.3. The van der Waals surface area contributed by atoms with Crippen molar-refractivity contribution in [1.82, 2.24) is 0 Å². The first-order chi connectivity index (χ1) is 14.0. The van der Waals surface area contributed by atoms with Gasteiger partial charge in [0.1, 0.15) is 22.1 Å². The molecule has 0 aliphatic carbocycles. The molecule has 0 fully saturated rings. The van der Waals surface area contributed by atoms with Gasteiger partial charge in [-0.1, -0.05) is 23.9 Å². The molecule has 2 N–H and O–H groups in total. The number of aromatic hydroxyl groups is 1. The minimum atomic E-state index is -0.691. The van der Waals surface area contributed by atoms with Crippen molar-refractivity contribution in [2.45, 2.75) is 0 Å². The van der Waals surface area contributed by atoms with Crippen molar-refractivity contribution in [2.75, 3.05) is 21.3 Å². The second-order valence-electron chi connectivity index (χ2n) is 5.87. The number of methoxy groups -OCH3 is 3. The SMILES string of the molecule is COC(=O)C1=C(O)C(=Cc2ccc(O)cc2)SC1=Nc1ccc(OC)c(OC)c1. The van der Waals surface area contributed by atoms with E-state index in [0.717, 1.165) is 17.3 Å². The summed E-state index contributed by atoms with van der Waals surface area (Å²) < 4.78 is 15.3. The fourth-order valence-electron chi connectivity index (χ4n) is 2.62. The predicted molar refractivity (Wildman–Crippen MR) is 112 cm³/mol. The van der Waals surface area contributed by atoms with E-state index in [4.69, 9.17) is 14.2 Å². The molecule has 0 spiro atoms. The third-order valence-corrected chi connectivity index (χ3v) is 5.09. The van der Waals surface area contributed by atoms with Gasteiger partial charge in [-0.15, -0.1) is 0 Å². The Balaban J connectivity index is 2.03. The molecule has 0 saturated carbocycles. The largest absolute Gasteiger partial charge is 0.508 e. The Morgan fingerprint density at radius 2 is 1.69 bits per heavy atom. The highest BCUT2D eigenvalue weighted by Crippen LogP contribution is 2.41. The highest BCUT2D eigenvalue weighted by molar-refractivity contribution is 8.18. The number of esters is 1. The Morgan fingerprint density at radius 3 is 2.31 bits per heavy atom. The molecule has 8 heteroatoms. The lowest BCUT2D eigenvalue weighted by Crippen LogP contribution is -2.10.